The lowest BCUT2D eigenvalue weighted by molar-refractivity contribution is -0.122. The summed E-state index contributed by atoms with van der Waals surface area (Å²) in [6.07, 6.45) is 7.01. The molecule has 2 aliphatic heterocycles. The highest BCUT2D eigenvalue weighted by Gasteiger charge is 2.26. The number of nitrogens with one attached hydrogen (secondary N) is 1. The summed E-state index contributed by atoms with van der Waals surface area (Å²) < 4.78 is 5.61. The quantitative estimate of drug-likeness (QED) is 0.591. The molecule has 27 heavy (non-hydrogen) atoms. The van der Waals surface area contributed by atoms with E-state index in [1.807, 2.05) is 0 Å². The minimum Gasteiger partial charge on any atom is -0.377 e. The van der Waals surface area contributed by atoms with Crippen LogP contribution in [-0.4, -0.2) is 73.7 Å². The van der Waals surface area contributed by atoms with Gasteiger partial charge in [-0.15, -0.1) is 0 Å². The Balaban J connectivity index is 1.54. The fourth-order valence-corrected chi connectivity index (χ4v) is 4.29. The van der Waals surface area contributed by atoms with Gasteiger partial charge in [0, 0.05) is 25.6 Å². The molecule has 2 rings (SSSR count). The van der Waals surface area contributed by atoms with Gasteiger partial charge in [0.1, 0.15) is 0 Å². The van der Waals surface area contributed by atoms with Crippen molar-refractivity contribution in [3.8, 4) is 0 Å². The van der Waals surface area contributed by atoms with Gasteiger partial charge in [-0.1, -0.05) is 6.92 Å². The van der Waals surface area contributed by atoms with Gasteiger partial charge in [-0.2, -0.15) is 0 Å². The van der Waals surface area contributed by atoms with E-state index in [0.717, 1.165) is 12.3 Å². The molecule has 0 saturated carbocycles. The van der Waals surface area contributed by atoms with Crippen molar-refractivity contribution >= 4 is 5.91 Å². The van der Waals surface area contributed by atoms with Crippen molar-refractivity contribution in [2.24, 2.45) is 11.8 Å². The Morgan fingerprint density at radius 1 is 1.04 bits per heavy atom. The van der Waals surface area contributed by atoms with Crippen LogP contribution >= 0.6 is 0 Å². The molecular formula is C22H43N3O2. The van der Waals surface area contributed by atoms with Crippen LogP contribution in [0, 0.1) is 11.8 Å². The monoisotopic (exact) mass is 381 g/mol. The van der Waals surface area contributed by atoms with E-state index in [9.17, 15) is 4.79 Å². The maximum atomic E-state index is 12.1. The lowest BCUT2D eigenvalue weighted by Crippen LogP contribution is -2.43. The molecule has 1 amide bonds. The number of amides is 1. The molecule has 158 valence electrons. The van der Waals surface area contributed by atoms with Crippen LogP contribution in [0.15, 0.2) is 0 Å². The molecular weight excluding hydrogens is 338 g/mol. The zero-order valence-electron chi connectivity index (χ0n) is 18.2. The van der Waals surface area contributed by atoms with E-state index < -0.39 is 0 Å². The van der Waals surface area contributed by atoms with Gasteiger partial charge in [0.15, 0.2) is 0 Å². The Kier molecular flexibility index (Phi) is 10.1. The average Bonchev–Trinajstić information content (AvgIpc) is 2.67. The van der Waals surface area contributed by atoms with Crippen molar-refractivity contribution in [2.75, 3.05) is 45.9 Å². The normalized spacial score (nSPS) is 22.3. The summed E-state index contributed by atoms with van der Waals surface area (Å²) in [4.78, 5) is 17.4. The first kappa shape index (κ1) is 22.6. The maximum Gasteiger partial charge on any atom is 0.220 e. The van der Waals surface area contributed by atoms with E-state index in [4.69, 9.17) is 4.74 Å². The van der Waals surface area contributed by atoms with Gasteiger partial charge in [-0.05, 0) is 90.9 Å². The van der Waals surface area contributed by atoms with Crippen molar-refractivity contribution in [3.63, 3.8) is 0 Å². The van der Waals surface area contributed by atoms with Crippen molar-refractivity contribution in [1.29, 1.82) is 0 Å². The Labute approximate surface area is 167 Å². The van der Waals surface area contributed by atoms with Crippen LogP contribution in [0.4, 0.5) is 0 Å². The maximum absolute atomic E-state index is 12.1. The number of carbonyl (C=O) groups excluding carboxylic acids is 1. The summed E-state index contributed by atoms with van der Waals surface area (Å²) >= 11 is 0. The van der Waals surface area contributed by atoms with Gasteiger partial charge in [-0.3, -0.25) is 4.79 Å². The van der Waals surface area contributed by atoms with Crippen molar-refractivity contribution in [3.05, 3.63) is 0 Å². The second-order valence-corrected chi connectivity index (χ2v) is 8.96. The second-order valence-electron chi connectivity index (χ2n) is 8.96. The molecule has 5 heteroatoms. The number of hydrogen-bond acceptors (Lipinski definition) is 4. The van der Waals surface area contributed by atoms with Gasteiger partial charge < -0.3 is 19.9 Å². The summed E-state index contributed by atoms with van der Waals surface area (Å²) in [6, 6.07) is 0.689. The molecule has 2 fully saturated rings. The molecule has 0 aromatic heterocycles. The number of ether oxygens (including phenoxy) is 1. The molecule has 1 unspecified atom stereocenters. The molecule has 0 radical (unpaired) electrons. The number of nitrogens with zero attached hydrogens (tertiary/aromatic N) is 2. The van der Waals surface area contributed by atoms with E-state index in [1.165, 1.54) is 58.4 Å². The third-order valence-corrected chi connectivity index (χ3v) is 6.48. The SMILES string of the molecule is CCC(C)OCCNC(=O)CC1CCN(CC2CCN(C(C)C)CC2)CC1. The van der Waals surface area contributed by atoms with Gasteiger partial charge in [0.2, 0.25) is 5.91 Å². The van der Waals surface area contributed by atoms with Crippen LogP contribution in [0.3, 0.4) is 0 Å². The Morgan fingerprint density at radius 3 is 2.26 bits per heavy atom. The smallest absolute Gasteiger partial charge is 0.220 e. The van der Waals surface area contributed by atoms with Crippen molar-refractivity contribution in [2.45, 2.75) is 78.4 Å². The Hall–Kier alpha value is -0.650. The molecule has 2 saturated heterocycles. The third kappa shape index (κ3) is 8.49. The molecule has 0 aliphatic carbocycles. The van der Waals surface area contributed by atoms with Gasteiger partial charge in [-0.25, -0.2) is 0 Å². The molecule has 0 aromatic rings. The average molecular weight is 382 g/mol. The fraction of sp³-hybridized carbons (Fsp3) is 0.955. The number of carbonyl (C=O) groups is 1. The lowest BCUT2D eigenvalue weighted by Gasteiger charge is -2.38. The third-order valence-electron chi connectivity index (χ3n) is 6.48. The standard InChI is InChI=1S/C22H43N3O2/c1-5-19(4)27-15-10-23-22(26)16-20-6-11-24(12-7-20)17-21-8-13-25(14-9-21)18(2)3/h18-21H,5-17H2,1-4H3,(H,23,26). The first-order valence-corrected chi connectivity index (χ1v) is 11.3. The molecule has 0 aromatic carbocycles. The molecule has 0 bridgehead atoms. The minimum absolute atomic E-state index is 0.197. The van der Waals surface area contributed by atoms with Crippen LogP contribution in [0.5, 0.6) is 0 Å². The van der Waals surface area contributed by atoms with Crippen molar-refractivity contribution < 1.29 is 9.53 Å². The highest BCUT2D eigenvalue weighted by molar-refractivity contribution is 5.76. The van der Waals surface area contributed by atoms with Crippen LogP contribution in [-0.2, 0) is 9.53 Å². The van der Waals surface area contributed by atoms with Crippen molar-refractivity contribution in [1.82, 2.24) is 15.1 Å². The Morgan fingerprint density at radius 2 is 1.67 bits per heavy atom. The van der Waals surface area contributed by atoms with Crippen LogP contribution < -0.4 is 5.32 Å². The van der Waals surface area contributed by atoms with E-state index in [0.29, 0.717) is 31.5 Å². The first-order chi connectivity index (χ1) is 13.0. The Bertz CT molecular complexity index is 414. The van der Waals surface area contributed by atoms with Gasteiger partial charge >= 0.3 is 0 Å². The lowest BCUT2D eigenvalue weighted by atomic mass is 9.90. The van der Waals surface area contributed by atoms with Gasteiger partial charge in [0.05, 0.1) is 12.7 Å². The number of likely N-dealkylation sites (tertiary alicyclic amines) is 2. The van der Waals surface area contributed by atoms with E-state index >= 15 is 0 Å². The van der Waals surface area contributed by atoms with Crippen LogP contribution in [0.25, 0.3) is 0 Å². The van der Waals surface area contributed by atoms with E-state index in [2.05, 4.69) is 42.8 Å². The highest BCUT2D eigenvalue weighted by atomic mass is 16.5. The van der Waals surface area contributed by atoms with E-state index in [1.54, 1.807) is 0 Å². The molecule has 2 aliphatic rings. The topological polar surface area (TPSA) is 44.8 Å². The van der Waals surface area contributed by atoms with Crippen LogP contribution in [0.1, 0.15) is 66.2 Å². The molecule has 1 N–H and O–H groups in total. The summed E-state index contributed by atoms with van der Waals surface area (Å²) in [7, 11) is 0. The molecule has 1 atom stereocenters. The number of rotatable bonds is 10. The molecule has 0 spiro atoms. The predicted octanol–water partition coefficient (Wildman–Crippen LogP) is 3.14. The zero-order chi connectivity index (χ0) is 19.6. The summed E-state index contributed by atoms with van der Waals surface area (Å²) in [6.45, 7) is 16.2. The van der Waals surface area contributed by atoms with Gasteiger partial charge in [0.25, 0.3) is 0 Å². The molecule has 2 heterocycles. The summed E-state index contributed by atoms with van der Waals surface area (Å²) in [5, 5.41) is 3.02. The minimum atomic E-state index is 0.197. The molecule has 5 nitrogen and oxygen atoms in total. The van der Waals surface area contributed by atoms with E-state index in [-0.39, 0.29) is 12.0 Å². The highest BCUT2D eigenvalue weighted by Crippen LogP contribution is 2.24. The van der Waals surface area contributed by atoms with Crippen LogP contribution in [0.2, 0.25) is 0 Å². The fourth-order valence-electron chi connectivity index (χ4n) is 4.29. The largest absolute Gasteiger partial charge is 0.377 e. The second kappa shape index (κ2) is 12.0. The zero-order valence-corrected chi connectivity index (χ0v) is 18.2. The summed E-state index contributed by atoms with van der Waals surface area (Å²) in [5.74, 6) is 1.62. The number of hydrogen-bond donors (Lipinski definition) is 1. The number of piperidine rings is 2. The first-order valence-electron chi connectivity index (χ1n) is 11.3. The predicted molar refractivity (Wildman–Crippen MR) is 112 cm³/mol. The summed E-state index contributed by atoms with van der Waals surface area (Å²) in [5.41, 5.74) is 0.